The predicted octanol–water partition coefficient (Wildman–Crippen LogP) is 3.95. The maximum Gasteiger partial charge on any atom is 0.318 e. The van der Waals surface area contributed by atoms with Crippen molar-refractivity contribution in [1.29, 1.82) is 0 Å². The minimum Gasteiger partial charge on any atom is -0.405 e. The number of nitrogens with one attached hydrogen (secondary N) is 1. The van der Waals surface area contributed by atoms with Gasteiger partial charge in [0.25, 0.3) is 5.91 Å². The normalized spacial score (nSPS) is 14.9. The topological polar surface area (TPSA) is 71.3 Å². The average molecular weight is 427 g/mol. The zero-order valence-corrected chi connectivity index (χ0v) is 16.2. The van der Waals surface area contributed by atoms with E-state index >= 15 is 0 Å². The van der Waals surface area contributed by atoms with Crippen molar-refractivity contribution in [3.8, 4) is 0 Å². The van der Waals surface area contributed by atoms with Gasteiger partial charge in [0.15, 0.2) is 0 Å². The number of hydrogen-bond donors (Lipinski definition) is 1. The molecule has 1 aliphatic heterocycles. The molecule has 27 heavy (non-hydrogen) atoms. The van der Waals surface area contributed by atoms with Crippen molar-refractivity contribution in [1.82, 2.24) is 15.5 Å². The molecule has 2 heterocycles. The number of carbonyl (C=O) groups is 1. The maximum absolute atomic E-state index is 12.8. The third-order valence-corrected chi connectivity index (χ3v) is 5.27. The Bertz CT molecular complexity index is 922. The fraction of sp³-hybridized carbons (Fsp3) is 0.250. The summed E-state index contributed by atoms with van der Waals surface area (Å²) in [5.41, 5.74) is 1.44. The second kappa shape index (κ2) is 7.92. The summed E-state index contributed by atoms with van der Waals surface area (Å²) in [6.07, 6.45) is 2.25. The second-order valence-electron chi connectivity index (χ2n) is 6.41. The summed E-state index contributed by atoms with van der Waals surface area (Å²) in [7, 11) is 0. The molecule has 2 aromatic carbocycles. The van der Waals surface area contributed by atoms with Crippen LogP contribution in [0.4, 0.5) is 6.01 Å². The number of benzene rings is 2. The van der Waals surface area contributed by atoms with Crippen LogP contribution in [0.1, 0.15) is 40.7 Å². The van der Waals surface area contributed by atoms with Crippen molar-refractivity contribution in [2.24, 2.45) is 0 Å². The van der Waals surface area contributed by atoms with Crippen molar-refractivity contribution in [3.63, 3.8) is 0 Å². The number of amides is 1. The molecule has 1 aromatic heterocycles. The minimum absolute atomic E-state index is 0.211. The smallest absolute Gasteiger partial charge is 0.318 e. The number of nitrogens with zero attached hydrogens (tertiary/aromatic N) is 3. The molecule has 0 spiro atoms. The van der Waals surface area contributed by atoms with Crippen LogP contribution in [0.3, 0.4) is 0 Å². The SMILES string of the molecule is O=C(N[C@@H](c1ccccc1)c1nnc(N2CCCC2)o1)c1ccccc1Br. The highest BCUT2D eigenvalue weighted by Crippen LogP contribution is 2.26. The summed E-state index contributed by atoms with van der Waals surface area (Å²) in [6.45, 7) is 1.84. The van der Waals surface area contributed by atoms with E-state index in [1.807, 2.05) is 48.5 Å². The van der Waals surface area contributed by atoms with Crippen LogP contribution in [-0.4, -0.2) is 29.2 Å². The van der Waals surface area contributed by atoms with E-state index in [1.54, 1.807) is 6.07 Å². The van der Waals surface area contributed by atoms with Gasteiger partial charge in [0, 0.05) is 17.6 Å². The Morgan fingerprint density at radius 2 is 1.74 bits per heavy atom. The Kier molecular flexibility index (Phi) is 5.20. The highest BCUT2D eigenvalue weighted by Gasteiger charge is 2.26. The van der Waals surface area contributed by atoms with Crippen LogP contribution in [-0.2, 0) is 0 Å². The molecule has 0 radical (unpaired) electrons. The van der Waals surface area contributed by atoms with E-state index < -0.39 is 6.04 Å². The van der Waals surface area contributed by atoms with Gasteiger partial charge in [-0.2, -0.15) is 0 Å². The minimum atomic E-state index is -0.519. The third-order valence-electron chi connectivity index (χ3n) is 4.58. The third kappa shape index (κ3) is 3.88. The summed E-state index contributed by atoms with van der Waals surface area (Å²) >= 11 is 3.43. The molecular weight excluding hydrogens is 408 g/mol. The van der Waals surface area contributed by atoms with Crippen LogP contribution < -0.4 is 10.2 Å². The van der Waals surface area contributed by atoms with Gasteiger partial charge >= 0.3 is 6.01 Å². The van der Waals surface area contributed by atoms with Crippen molar-refractivity contribution in [2.45, 2.75) is 18.9 Å². The maximum atomic E-state index is 12.8. The van der Waals surface area contributed by atoms with Crippen molar-refractivity contribution >= 4 is 27.9 Å². The van der Waals surface area contributed by atoms with E-state index in [0.29, 0.717) is 17.5 Å². The molecule has 1 amide bonds. The first-order chi connectivity index (χ1) is 13.2. The van der Waals surface area contributed by atoms with Gasteiger partial charge in [-0.15, -0.1) is 5.10 Å². The van der Waals surface area contributed by atoms with Gasteiger partial charge in [0.2, 0.25) is 5.89 Å². The fourth-order valence-corrected chi connectivity index (χ4v) is 3.63. The monoisotopic (exact) mass is 426 g/mol. The van der Waals surface area contributed by atoms with Gasteiger partial charge in [-0.05, 0) is 46.5 Å². The van der Waals surface area contributed by atoms with E-state index in [-0.39, 0.29) is 5.91 Å². The van der Waals surface area contributed by atoms with Gasteiger partial charge in [-0.3, -0.25) is 4.79 Å². The van der Waals surface area contributed by atoms with Gasteiger partial charge in [0.1, 0.15) is 6.04 Å². The second-order valence-corrected chi connectivity index (χ2v) is 7.27. The Morgan fingerprint density at radius 3 is 2.48 bits per heavy atom. The van der Waals surface area contributed by atoms with Crippen molar-refractivity contribution in [3.05, 3.63) is 76.1 Å². The lowest BCUT2D eigenvalue weighted by Crippen LogP contribution is -2.29. The van der Waals surface area contributed by atoms with Gasteiger partial charge in [0.05, 0.1) is 5.56 Å². The predicted molar refractivity (Wildman–Crippen MR) is 106 cm³/mol. The first-order valence-corrected chi connectivity index (χ1v) is 9.70. The van der Waals surface area contributed by atoms with Crippen molar-refractivity contribution < 1.29 is 9.21 Å². The molecular formula is C20H19BrN4O2. The molecule has 3 aromatic rings. The number of aromatic nitrogens is 2. The van der Waals surface area contributed by atoms with Crippen LogP contribution in [0.15, 0.2) is 63.5 Å². The van der Waals surface area contributed by atoms with Crippen LogP contribution in [0.5, 0.6) is 0 Å². The number of hydrogen-bond acceptors (Lipinski definition) is 5. The number of rotatable bonds is 5. The standard InChI is InChI=1S/C20H19BrN4O2/c21-16-11-5-4-10-15(16)18(26)22-17(14-8-2-1-3-9-14)19-23-24-20(27-19)25-12-6-7-13-25/h1-5,8-11,17H,6-7,12-13H2,(H,22,26)/t17-/m0/s1. The van der Waals surface area contributed by atoms with E-state index in [0.717, 1.165) is 36.0 Å². The lowest BCUT2D eigenvalue weighted by Gasteiger charge is -2.17. The summed E-state index contributed by atoms with van der Waals surface area (Å²) in [5.74, 6) is 0.167. The summed E-state index contributed by atoms with van der Waals surface area (Å²) in [5, 5.41) is 11.4. The highest BCUT2D eigenvalue weighted by molar-refractivity contribution is 9.10. The van der Waals surface area contributed by atoms with E-state index in [2.05, 4.69) is 36.3 Å². The molecule has 1 aliphatic rings. The molecule has 1 atom stereocenters. The van der Waals surface area contributed by atoms with Crippen LogP contribution in [0, 0.1) is 0 Å². The molecule has 6 nitrogen and oxygen atoms in total. The lowest BCUT2D eigenvalue weighted by atomic mass is 10.1. The Balaban J connectivity index is 1.64. The molecule has 7 heteroatoms. The summed E-state index contributed by atoms with van der Waals surface area (Å²) in [6, 6.07) is 16.9. The Morgan fingerprint density at radius 1 is 1.04 bits per heavy atom. The number of halogens is 1. The van der Waals surface area contributed by atoms with E-state index in [1.165, 1.54) is 0 Å². The largest absolute Gasteiger partial charge is 0.405 e. The van der Waals surface area contributed by atoms with E-state index in [4.69, 9.17) is 4.42 Å². The molecule has 4 rings (SSSR count). The van der Waals surface area contributed by atoms with Crippen LogP contribution >= 0.6 is 15.9 Å². The zero-order valence-electron chi connectivity index (χ0n) is 14.6. The molecule has 0 unspecified atom stereocenters. The lowest BCUT2D eigenvalue weighted by molar-refractivity contribution is 0.0937. The van der Waals surface area contributed by atoms with Crippen LogP contribution in [0.25, 0.3) is 0 Å². The zero-order chi connectivity index (χ0) is 18.6. The number of carbonyl (C=O) groups excluding carboxylic acids is 1. The average Bonchev–Trinajstić information content (AvgIpc) is 3.38. The van der Waals surface area contributed by atoms with E-state index in [9.17, 15) is 4.79 Å². The van der Waals surface area contributed by atoms with Gasteiger partial charge < -0.3 is 14.6 Å². The first-order valence-electron chi connectivity index (χ1n) is 8.91. The Hall–Kier alpha value is -2.67. The van der Waals surface area contributed by atoms with Crippen molar-refractivity contribution in [2.75, 3.05) is 18.0 Å². The molecule has 1 fully saturated rings. The fourth-order valence-electron chi connectivity index (χ4n) is 3.17. The molecule has 0 bridgehead atoms. The number of anilines is 1. The molecule has 138 valence electrons. The summed E-state index contributed by atoms with van der Waals surface area (Å²) in [4.78, 5) is 14.9. The quantitative estimate of drug-likeness (QED) is 0.668. The molecule has 0 aliphatic carbocycles. The Labute approximate surface area is 165 Å². The van der Waals surface area contributed by atoms with Crippen LogP contribution in [0.2, 0.25) is 0 Å². The van der Waals surface area contributed by atoms with Gasteiger partial charge in [-0.25, -0.2) is 0 Å². The molecule has 1 N–H and O–H groups in total. The highest BCUT2D eigenvalue weighted by atomic mass is 79.9. The first kappa shape index (κ1) is 17.7. The van der Waals surface area contributed by atoms with Gasteiger partial charge in [-0.1, -0.05) is 47.6 Å². The summed E-state index contributed by atoms with van der Waals surface area (Å²) < 4.78 is 6.66. The molecule has 1 saturated heterocycles. The molecule has 0 saturated carbocycles.